The molecule has 0 fully saturated rings. The second-order valence-corrected chi connectivity index (χ2v) is 6.07. The van der Waals surface area contributed by atoms with E-state index in [0.29, 0.717) is 15.9 Å². The molecule has 2 rings (SSSR count). The van der Waals surface area contributed by atoms with Crippen molar-refractivity contribution in [3.63, 3.8) is 0 Å². The molecule has 0 saturated carbocycles. The lowest BCUT2D eigenvalue weighted by Crippen LogP contribution is -2.21. The third-order valence-electron chi connectivity index (χ3n) is 3.63. The van der Waals surface area contributed by atoms with Crippen LogP contribution in [0.4, 0.5) is 11.4 Å². The van der Waals surface area contributed by atoms with E-state index in [4.69, 9.17) is 28.9 Å². The summed E-state index contributed by atoms with van der Waals surface area (Å²) in [6.07, 6.45) is 3.61. The van der Waals surface area contributed by atoms with Crippen LogP contribution >= 0.6 is 23.2 Å². The van der Waals surface area contributed by atoms with Crippen molar-refractivity contribution < 1.29 is 0 Å². The van der Waals surface area contributed by atoms with Gasteiger partial charge in [-0.2, -0.15) is 0 Å². The highest BCUT2D eigenvalue weighted by atomic mass is 35.5. The minimum absolute atomic E-state index is 0.404. The van der Waals surface area contributed by atoms with Gasteiger partial charge in [-0.05, 0) is 68.0 Å². The van der Waals surface area contributed by atoms with Crippen molar-refractivity contribution in [1.29, 1.82) is 0 Å². The first-order chi connectivity index (χ1) is 11.5. The fraction of sp³-hybridized carbons (Fsp3) is 0.211. The van der Waals surface area contributed by atoms with Crippen molar-refractivity contribution in [2.24, 2.45) is 10.7 Å². The first-order valence-corrected chi connectivity index (χ1v) is 8.61. The fourth-order valence-corrected chi connectivity index (χ4v) is 2.68. The van der Waals surface area contributed by atoms with Gasteiger partial charge in [0.05, 0.1) is 5.69 Å². The van der Waals surface area contributed by atoms with Crippen LogP contribution in [-0.4, -0.2) is 18.9 Å². The molecular weight excluding hydrogens is 341 g/mol. The predicted octanol–water partition coefficient (Wildman–Crippen LogP) is 5.54. The smallest absolute Gasteiger partial charge is 0.124 e. The van der Waals surface area contributed by atoms with Gasteiger partial charge in [0.25, 0.3) is 0 Å². The Kier molecular flexibility index (Phi) is 6.71. The Labute approximate surface area is 153 Å². The average Bonchev–Trinajstić information content (AvgIpc) is 2.57. The Morgan fingerprint density at radius 2 is 1.75 bits per heavy atom. The zero-order valence-electron chi connectivity index (χ0n) is 13.8. The lowest BCUT2D eigenvalue weighted by Gasteiger charge is -2.21. The Bertz CT molecular complexity index is 733. The topological polar surface area (TPSA) is 41.6 Å². The number of hydrogen-bond donors (Lipinski definition) is 1. The molecule has 2 aromatic carbocycles. The van der Waals surface area contributed by atoms with E-state index in [-0.39, 0.29) is 0 Å². The molecule has 0 saturated heterocycles. The van der Waals surface area contributed by atoms with E-state index in [1.807, 2.05) is 30.3 Å². The lowest BCUT2D eigenvalue weighted by molar-refractivity contribution is 0.866. The monoisotopic (exact) mass is 361 g/mol. The van der Waals surface area contributed by atoms with Crippen LogP contribution in [0.3, 0.4) is 0 Å². The Hall–Kier alpha value is -1.97. The van der Waals surface area contributed by atoms with Gasteiger partial charge in [-0.25, -0.2) is 4.99 Å². The number of nitrogens with zero attached hydrogens (tertiary/aromatic N) is 2. The zero-order chi connectivity index (χ0) is 17.5. The van der Waals surface area contributed by atoms with Gasteiger partial charge in [0.1, 0.15) is 5.84 Å². The summed E-state index contributed by atoms with van der Waals surface area (Å²) in [6.45, 7) is 6.14. The summed E-state index contributed by atoms with van der Waals surface area (Å²) in [5.74, 6) is 0.404. The van der Waals surface area contributed by atoms with Gasteiger partial charge in [0, 0.05) is 28.8 Å². The number of nitrogens with two attached hydrogens (primary N) is 1. The van der Waals surface area contributed by atoms with Gasteiger partial charge in [-0.1, -0.05) is 29.3 Å². The summed E-state index contributed by atoms with van der Waals surface area (Å²) in [5.41, 5.74) is 8.72. The molecule has 0 unspecified atom stereocenters. The first kappa shape index (κ1) is 18.4. The minimum Gasteiger partial charge on any atom is -0.384 e. The molecule has 0 spiro atoms. The van der Waals surface area contributed by atoms with Crippen LogP contribution in [0.5, 0.6) is 0 Å². The Balaban J connectivity index is 2.14. The molecule has 0 atom stereocenters. The quantitative estimate of drug-likeness (QED) is 0.541. The highest BCUT2D eigenvalue weighted by Gasteiger charge is 2.04. The van der Waals surface area contributed by atoms with E-state index < -0.39 is 0 Å². The van der Waals surface area contributed by atoms with Gasteiger partial charge >= 0.3 is 0 Å². The Morgan fingerprint density at radius 3 is 2.33 bits per heavy atom. The third kappa shape index (κ3) is 5.02. The summed E-state index contributed by atoms with van der Waals surface area (Å²) >= 11 is 12.2. The number of halogens is 2. The van der Waals surface area contributed by atoms with E-state index in [1.165, 1.54) is 0 Å². The molecule has 0 aliphatic heterocycles. The van der Waals surface area contributed by atoms with Gasteiger partial charge in [-0.15, -0.1) is 0 Å². The van der Waals surface area contributed by atoms with Crippen LogP contribution in [0.25, 0.3) is 6.08 Å². The maximum absolute atomic E-state index is 6.38. The summed E-state index contributed by atoms with van der Waals surface area (Å²) in [5, 5.41) is 1.36. The summed E-state index contributed by atoms with van der Waals surface area (Å²) in [7, 11) is 0. The maximum atomic E-state index is 6.38. The second-order valence-electron chi connectivity index (χ2n) is 5.22. The molecule has 2 aromatic rings. The molecule has 0 aromatic heterocycles. The van der Waals surface area contributed by atoms with Crippen LogP contribution in [0.15, 0.2) is 53.5 Å². The van der Waals surface area contributed by atoms with Crippen molar-refractivity contribution >= 4 is 46.5 Å². The number of rotatable bonds is 6. The highest BCUT2D eigenvalue weighted by Crippen LogP contribution is 2.25. The molecule has 2 N–H and O–H groups in total. The van der Waals surface area contributed by atoms with E-state index in [1.54, 1.807) is 18.2 Å². The highest BCUT2D eigenvalue weighted by molar-refractivity contribution is 6.32. The van der Waals surface area contributed by atoms with Crippen molar-refractivity contribution in [3.05, 3.63) is 64.1 Å². The van der Waals surface area contributed by atoms with E-state index in [9.17, 15) is 0 Å². The molecule has 0 bridgehead atoms. The van der Waals surface area contributed by atoms with Gasteiger partial charge in [0.2, 0.25) is 0 Å². The number of benzene rings is 2. The minimum atomic E-state index is 0.404. The normalized spacial score (nSPS) is 11.9. The maximum Gasteiger partial charge on any atom is 0.124 e. The molecular formula is C19H21Cl2N3. The molecule has 126 valence electrons. The molecule has 0 amide bonds. The van der Waals surface area contributed by atoms with Crippen molar-refractivity contribution in [2.75, 3.05) is 18.0 Å². The van der Waals surface area contributed by atoms with Crippen LogP contribution in [0.1, 0.15) is 19.4 Å². The molecule has 5 heteroatoms. The van der Waals surface area contributed by atoms with Gasteiger partial charge in [-0.3, -0.25) is 0 Å². The van der Waals surface area contributed by atoms with E-state index in [2.05, 4.69) is 29.8 Å². The second kappa shape index (κ2) is 8.76. The summed E-state index contributed by atoms with van der Waals surface area (Å²) in [4.78, 5) is 6.56. The molecule has 0 heterocycles. The van der Waals surface area contributed by atoms with E-state index >= 15 is 0 Å². The van der Waals surface area contributed by atoms with Crippen molar-refractivity contribution in [2.45, 2.75) is 13.8 Å². The average molecular weight is 362 g/mol. The molecule has 3 nitrogen and oxygen atoms in total. The predicted molar refractivity (Wildman–Crippen MR) is 107 cm³/mol. The standard InChI is InChI=1S/C19H21Cl2N3/c1-3-24(4-2)17-11-5-14(18(21)13-17)6-12-19(22)23-16-9-7-15(20)8-10-16/h5-13H,3-4H2,1-2H3,(H2,22,23). The third-order valence-corrected chi connectivity index (χ3v) is 4.21. The number of amidine groups is 1. The SMILES string of the molecule is CCN(CC)c1ccc(C=CC(N)=Nc2ccc(Cl)cc2)c(Cl)c1. The van der Waals surface area contributed by atoms with Gasteiger partial charge < -0.3 is 10.6 Å². The van der Waals surface area contributed by atoms with Crippen LogP contribution < -0.4 is 10.6 Å². The van der Waals surface area contributed by atoms with Crippen molar-refractivity contribution in [3.8, 4) is 0 Å². The number of anilines is 1. The van der Waals surface area contributed by atoms with Crippen LogP contribution in [-0.2, 0) is 0 Å². The zero-order valence-corrected chi connectivity index (χ0v) is 15.3. The number of aliphatic imine (C=N–C) groups is 1. The summed E-state index contributed by atoms with van der Waals surface area (Å²) in [6, 6.07) is 13.2. The Morgan fingerprint density at radius 1 is 1.08 bits per heavy atom. The fourth-order valence-electron chi connectivity index (χ4n) is 2.31. The van der Waals surface area contributed by atoms with Crippen LogP contribution in [0.2, 0.25) is 10.0 Å². The lowest BCUT2D eigenvalue weighted by atomic mass is 10.1. The first-order valence-electron chi connectivity index (χ1n) is 7.85. The van der Waals surface area contributed by atoms with E-state index in [0.717, 1.165) is 30.0 Å². The number of hydrogen-bond acceptors (Lipinski definition) is 2. The van der Waals surface area contributed by atoms with Gasteiger partial charge in [0.15, 0.2) is 0 Å². The molecule has 0 radical (unpaired) electrons. The summed E-state index contributed by atoms with van der Waals surface area (Å²) < 4.78 is 0. The molecule has 0 aliphatic rings. The van der Waals surface area contributed by atoms with Crippen LogP contribution in [0, 0.1) is 0 Å². The largest absolute Gasteiger partial charge is 0.384 e. The molecule has 24 heavy (non-hydrogen) atoms. The van der Waals surface area contributed by atoms with Crippen molar-refractivity contribution in [1.82, 2.24) is 0 Å². The molecule has 0 aliphatic carbocycles.